The fourth-order valence-corrected chi connectivity index (χ4v) is 3.28. The molecule has 2 fully saturated rings. The van der Waals surface area contributed by atoms with Crippen LogP contribution in [-0.2, 0) is 4.79 Å². The number of hydrogen-bond donors (Lipinski definition) is 1. The standard InChI is InChI=1S/C16H21NO/c1-10(2)14-5-3-4-6-15(14)17-16(18)13-8-11-7-12(11)9-13/h3-6,10-13H,7-9H2,1-2H3,(H,17,18). The van der Waals surface area contributed by atoms with E-state index in [1.165, 1.54) is 12.0 Å². The van der Waals surface area contributed by atoms with Crippen LogP contribution in [0.3, 0.4) is 0 Å². The lowest BCUT2D eigenvalue weighted by atomic mass is 9.99. The lowest BCUT2D eigenvalue weighted by Crippen LogP contribution is -2.22. The van der Waals surface area contributed by atoms with Gasteiger partial charge in [0, 0.05) is 11.6 Å². The molecule has 0 saturated heterocycles. The number of hydrogen-bond acceptors (Lipinski definition) is 1. The first-order valence-electron chi connectivity index (χ1n) is 7.05. The van der Waals surface area contributed by atoms with Gasteiger partial charge in [-0.2, -0.15) is 0 Å². The van der Waals surface area contributed by atoms with E-state index in [4.69, 9.17) is 0 Å². The van der Waals surface area contributed by atoms with Crippen molar-refractivity contribution >= 4 is 11.6 Å². The molecule has 0 bridgehead atoms. The Morgan fingerprint density at radius 1 is 1.17 bits per heavy atom. The molecule has 2 atom stereocenters. The molecule has 1 aromatic rings. The molecule has 3 rings (SSSR count). The lowest BCUT2D eigenvalue weighted by molar-refractivity contribution is -0.120. The molecule has 0 aliphatic heterocycles. The first-order chi connectivity index (χ1) is 8.65. The molecular weight excluding hydrogens is 222 g/mol. The number of benzene rings is 1. The molecule has 2 nitrogen and oxygen atoms in total. The summed E-state index contributed by atoms with van der Waals surface area (Å²) in [6.45, 7) is 4.32. The highest BCUT2D eigenvalue weighted by Crippen LogP contribution is 2.54. The van der Waals surface area contributed by atoms with Gasteiger partial charge in [-0.15, -0.1) is 0 Å². The van der Waals surface area contributed by atoms with Crippen LogP contribution in [0.15, 0.2) is 24.3 Å². The molecule has 2 saturated carbocycles. The van der Waals surface area contributed by atoms with E-state index in [1.807, 2.05) is 18.2 Å². The molecular formula is C16H21NO. The molecule has 0 heterocycles. The van der Waals surface area contributed by atoms with Gasteiger partial charge in [0.1, 0.15) is 0 Å². The molecule has 0 radical (unpaired) electrons. The molecule has 1 amide bonds. The van der Waals surface area contributed by atoms with E-state index in [0.717, 1.165) is 30.4 Å². The second-order valence-electron chi connectivity index (χ2n) is 6.16. The summed E-state index contributed by atoms with van der Waals surface area (Å²) in [4.78, 5) is 12.2. The van der Waals surface area contributed by atoms with Gasteiger partial charge in [0.2, 0.25) is 5.91 Å². The maximum absolute atomic E-state index is 12.2. The normalized spacial score (nSPS) is 29.2. The van der Waals surface area contributed by atoms with Crippen LogP contribution < -0.4 is 5.32 Å². The number of para-hydroxylation sites is 1. The summed E-state index contributed by atoms with van der Waals surface area (Å²) in [6, 6.07) is 8.15. The maximum Gasteiger partial charge on any atom is 0.227 e. The summed E-state index contributed by atoms with van der Waals surface area (Å²) in [5.41, 5.74) is 2.23. The fraction of sp³-hybridized carbons (Fsp3) is 0.562. The molecule has 96 valence electrons. The van der Waals surface area contributed by atoms with Crippen molar-refractivity contribution in [3.63, 3.8) is 0 Å². The summed E-state index contributed by atoms with van der Waals surface area (Å²) in [7, 11) is 0. The second kappa shape index (κ2) is 4.42. The van der Waals surface area contributed by atoms with E-state index in [-0.39, 0.29) is 11.8 Å². The monoisotopic (exact) mass is 243 g/mol. The summed E-state index contributed by atoms with van der Waals surface area (Å²) in [5.74, 6) is 2.66. The molecule has 1 aromatic carbocycles. The summed E-state index contributed by atoms with van der Waals surface area (Å²) in [5, 5.41) is 3.14. The van der Waals surface area contributed by atoms with Crippen LogP contribution in [0.2, 0.25) is 0 Å². The molecule has 18 heavy (non-hydrogen) atoms. The van der Waals surface area contributed by atoms with Crippen LogP contribution in [0.4, 0.5) is 5.69 Å². The second-order valence-corrected chi connectivity index (χ2v) is 6.16. The number of rotatable bonds is 3. The fourth-order valence-electron chi connectivity index (χ4n) is 3.28. The van der Waals surface area contributed by atoms with E-state index >= 15 is 0 Å². The lowest BCUT2D eigenvalue weighted by Gasteiger charge is -2.16. The van der Waals surface area contributed by atoms with Gasteiger partial charge >= 0.3 is 0 Å². The summed E-state index contributed by atoms with van der Waals surface area (Å²) >= 11 is 0. The minimum atomic E-state index is 0.232. The Morgan fingerprint density at radius 3 is 2.50 bits per heavy atom. The van der Waals surface area contributed by atoms with Crippen molar-refractivity contribution in [1.82, 2.24) is 0 Å². The van der Waals surface area contributed by atoms with E-state index in [0.29, 0.717) is 5.92 Å². The molecule has 0 aromatic heterocycles. The van der Waals surface area contributed by atoms with Crippen LogP contribution in [0.5, 0.6) is 0 Å². The Bertz CT molecular complexity index is 456. The number of anilines is 1. The van der Waals surface area contributed by atoms with Gasteiger partial charge in [0.05, 0.1) is 0 Å². The predicted octanol–water partition coefficient (Wildman–Crippen LogP) is 3.79. The summed E-state index contributed by atoms with van der Waals surface area (Å²) in [6.07, 6.45) is 3.59. The Labute approximate surface area is 109 Å². The van der Waals surface area contributed by atoms with Crippen molar-refractivity contribution in [3.05, 3.63) is 29.8 Å². The van der Waals surface area contributed by atoms with Gasteiger partial charge in [-0.05, 0) is 48.6 Å². The third kappa shape index (κ3) is 2.16. The van der Waals surface area contributed by atoms with Crippen LogP contribution in [0, 0.1) is 17.8 Å². The van der Waals surface area contributed by atoms with Crippen LogP contribution in [-0.4, -0.2) is 5.91 Å². The number of fused-ring (bicyclic) bond motifs is 1. The molecule has 0 spiro atoms. The minimum absolute atomic E-state index is 0.232. The highest BCUT2D eigenvalue weighted by molar-refractivity contribution is 5.93. The third-order valence-electron chi connectivity index (χ3n) is 4.46. The number of nitrogens with one attached hydrogen (secondary N) is 1. The SMILES string of the molecule is CC(C)c1ccccc1NC(=O)C1CC2CC2C1. The predicted molar refractivity (Wildman–Crippen MR) is 73.5 cm³/mol. The number of amides is 1. The average Bonchev–Trinajstić information content (AvgIpc) is 2.96. The Morgan fingerprint density at radius 2 is 1.83 bits per heavy atom. The molecule has 2 aliphatic rings. The van der Waals surface area contributed by atoms with Crippen LogP contribution >= 0.6 is 0 Å². The van der Waals surface area contributed by atoms with Crippen molar-refractivity contribution in [3.8, 4) is 0 Å². The van der Waals surface area contributed by atoms with Crippen molar-refractivity contribution in [2.45, 2.75) is 39.0 Å². The van der Waals surface area contributed by atoms with E-state index in [9.17, 15) is 4.79 Å². The minimum Gasteiger partial charge on any atom is -0.326 e. The van der Waals surface area contributed by atoms with Gasteiger partial charge in [0.15, 0.2) is 0 Å². The average molecular weight is 243 g/mol. The van der Waals surface area contributed by atoms with Crippen molar-refractivity contribution in [2.75, 3.05) is 5.32 Å². The van der Waals surface area contributed by atoms with Crippen molar-refractivity contribution in [1.29, 1.82) is 0 Å². The highest BCUT2D eigenvalue weighted by Gasteiger charge is 2.48. The summed E-state index contributed by atoms with van der Waals surface area (Å²) < 4.78 is 0. The van der Waals surface area contributed by atoms with Crippen molar-refractivity contribution in [2.24, 2.45) is 17.8 Å². The van der Waals surface area contributed by atoms with Gasteiger partial charge in [-0.25, -0.2) is 0 Å². The largest absolute Gasteiger partial charge is 0.326 e. The molecule has 2 unspecified atom stereocenters. The topological polar surface area (TPSA) is 29.1 Å². The van der Waals surface area contributed by atoms with Gasteiger partial charge in [-0.1, -0.05) is 32.0 Å². The Balaban J connectivity index is 1.70. The first kappa shape index (κ1) is 11.8. The van der Waals surface area contributed by atoms with Gasteiger partial charge < -0.3 is 5.32 Å². The van der Waals surface area contributed by atoms with Crippen LogP contribution in [0.25, 0.3) is 0 Å². The Kier molecular flexibility index (Phi) is 2.89. The van der Waals surface area contributed by atoms with Crippen molar-refractivity contribution < 1.29 is 4.79 Å². The number of carbonyl (C=O) groups is 1. The zero-order chi connectivity index (χ0) is 12.7. The van der Waals surface area contributed by atoms with E-state index in [2.05, 4.69) is 25.2 Å². The van der Waals surface area contributed by atoms with Gasteiger partial charge in [0.25, 0.3) is 0 Å². The molecule has 2 aliphatic carbocycles. The maximum atomic E-state index is 12.2. The van der Waals surface area contributed by atoms with Crippen LogP contribution in [0.1, 0.15) is 44.6 Å². The first-order valence-corrected chi connectivity index (χ1v) is 7.05. The highest BCUT2D eigenvalue weighted by atomic mass is 16.1. The molecule has 2 heteroatoms. The molecule has 1 N–H and O–H groups in total. The van der Waals surface area contributed by atoms with Gasteiger partial charge in [-0.3, -0.25) is 4.79 Å². The number of carbonyl (C=O) groups excluding carboxylic acids is 1. The van der Waals surface area contributed by atoms with E-state index in [1.54, 1.807) is 0 Å². The smallest absolute Gasteiger partial charge is 0.227 e. The zero-order valence-corrected chi connectivity index (χ0v) is 11.1. The zero-order valence-electron chi connectivity index (χ0n) is 11.1. The Hall–Kier alpha value is -1.31. The third-order valence-corrected chi connectivity index (χ3v) is 4.46. The quantitative estimate of drug-likeness (QED) is 0.859. The van der Waals surface area contributed by atoms with E-state index < -0.39 is 0 Å².